The highest BCUT2D eigenvalue weighted by Gasteiger charge is 2.63. The van der Waals surface area contributed by atoms with Crippen LogP contribution in [-0.2, 0) is 0 Å². The van der Waals surface area contributed by atoms with Crippen molar-refractivity contribution in [3.05, 3.63) is 56.7 Å². The SMILES string of the molecule is O=C(c1cccs1)N1N=C(c2ccc(Br)cc2)C[C@]1(O)C(F)(F)F. The number of halogens is 4. The molecule has 1 aliphatic rings. The van der Waals surface area contributed by atoms with Gasteiger partial charge in [-0.2, -0.15) is 23.3 Å². The molecule has 0 spiro atoms. The summed E-state index contributed by atoms with van der Waals surface area (Å²) in [5, 5.41) is 15.7. The van der Waals surface area contributed by atoms with Crippen LogP contribution in [0.5, 0.6) is 0 Å². The van der Waals surface area contributed by atoms with Gasteiger partial charge in [0.1, 0.15) is 0 Å². The van der Waals surface area contributed by atoms with Crippen molar-refractivity contribution in [1.82, 2.24) is 5.01 Å². The predicted octanol–water partition coefficient (Wildman–Crippen LogP) is 4.01. The van der Waals surface area contributed by atoms with E-state index in [1.165, 1.54) is 6.07 Å². The van der Waals surface area contributed by atoms with E-state index in [0.717, 1.165) is 15.8 Å². The minimum Gasteiger partial charge on any atom is -0.362 e. The zero-order valence-corrected chi connectivity index (χ0v) is 14.3. The highest BCUT2D eigenvalue weighted by Crippen LogP contribution is 2.42. The molecule has 0 saturated heterocycles. The number of hydrogen-bond acceptors (Lipinski definition) is 4. The normalized spacial score (nSPS) is 21.0. The summed E-state index contributed by atoms with van der Waals surface area (Å²) < 4.78 is 41.0. The van der Waals surface area contributed by atoms with E-state index in [-0.39, 0.29) is 15.6 Å². The Morgan fingerprint density at radius 1 is 1.29 bits per heavy atom. The molecule has 3 rings (SSSR count). The van der Waals surface area contributed by atoms with Crippen LogP contribution >= 0.6 is 27.3 Å². The van der Waals surface area contributed by atoms with Crippen molar-refractivity contribution in [2.24, 2.45) is 5.10 Å². The molecule has 0 unspecified atom stereocenters. The lowest BCUT2D eigenvalue weighted by molar-refractivity contribution is -0.297. The van der Waals surface area contributed by atoms with Gasteiger partial charge in [0.25, 0.3) is 11.6 Å². The third-order valence-electron chi connectivity index (χ3n) is 3.54. The Balaban J connectivity index is 2.03. The second kappa shape index (κ2) is 5.98. The van der Waals surface area contributed by atoms with Gasteiger partial charge in [-0.05, 0) is 29.1 Å². The number of thiophene rings is 1. The van der Waals surface area contributed by atoms with Crippen LogP contribution < -0.4 is 0 Å². The van der Waals surface area contributed by atoms with Gasteiger partial charge < -0.3 is 5.11 Å². The number of nitrogens with zero attached hydrogens (tertiary/aromatic N) is 2. The number of amides is 1. The number of benzene rings is 1. The summed E-state index contributed by atoms with van der Waals surface area (Å²) in [4.78, 5) is 12.4. The Morgan fingerprint density at radius 2 is 1.96 bits per heavy atom. The molecule has 9 heteroatoms. The Morgan fingerprint density at radius 3 is 2.50 bits per heavy atom. The van der Waals surface area contributed by atoms with Gasteiger partial charge in [-0.15, -0.1) is 11.3 Å². The number of hydrazone groups is 1. The summed E-state index contributed by atoms with van der Waals surface area (Å²) in [7, 11) is 0. The molecule has 1 aliphatic heterocycles. The molecular formula is C15H10BrF3N2O2S. The van der Waals surface area contributed by atoms with E-state index < -0.39 is 24.2 Å². The van der Waals surface area contributed by atoms with Gasteiger partial charge >= 0.3 is 6.18 Å². The first-order valence-electron chi connectivity index (χ1n) is 6.73. The number of carbonyl (C=O) groups excluding carboxylic acids is 1. The minimum absolute atomic E-state index is 0.00719. The quantitative estimate of drug-likeness (QED) is 0.800. The van der Waals surface area contributed by atoms with E-state index in [1.807, 2.05) is 0 Å². The number of hydrogen-bond donors (Lipinski definition) is 1. The lowest BCUT2D eigenvalue weighted by Gasteiger charge is -2.32. The molecule has 24 heavy (non-hydrogen) atoms. The Hall–Kier alpha value is -1.71. The Labute approximate surface area is 147 Å². The fraction of sp³-hybridized carbons (Fsp3) is 0.200. The maximum Gasteiger partial charge on any atom is 0.438 e. The molecule has 4 nitrogen and oxygen atoms in total. The van der Waals surface area contributed by atoms with Crippen molar-refractivity contribution in [3.8, 4) is 0 Å². The second-order valence-electron chi connectivity index (χ2n) is 5.14. The van der Waals surface area contributed by atoms with E-state index in [4.69, 9.17) is 0 Å². The Bertz CT molecular complexity index is 790. The largest absolute Gasteiger partial charge is 0.438 e. The molecule has 1 atom stereocenters. The van der Waals surface area contributed by atoms with Gasteiger partial charge in [-0.1, -0.05) is 34.1 Å². The molecule has 2 heterocycles. The monoisotopic (exact) mass is 418 g/mol. The van der Waals surface area contributed by atoms with Crippen LogP contribution in [0.3, 0.4) is 0 Å². The van der Waals surface area contributed by atoms with Crippen LogP contribution in [-0.4, -0.2) is 33.6 Å². The molecule has 1 amide bonds. The van der Waals surface area contributed by atoms with Crippen LogP contribution in [0.25, 0.3) is 0 Å². The van der Waals surface area contributed by atoms with Crippen molar-refractivity contribution in [1.29, 1.82) is 0 Å². The van der Waals surface area contributed by atoms with E-state index in [9.17, 15) is 23.1 Å². The van der Waals surface area contributed by atoms with Gasteiger partial charge in [-0.25, -0.2) is 0 Å². The fourth-order valence-corrected chi connectivity index (χ4v) is 3.20. The maximum atomic E-state index is 13.4. The molecule has 0 radical (unpaired) electrons. The number of alkyl halides is 3. The second-order valence-corrected chi connectivity index (χ2v) is 7.00. The predicted molar refractivity (Wildman–Crippen MR) is 86.8 cm³/mol. The lowest BCUT2D eigenvalue weighted by Crippen LogP contribution is -2.56. The van der Waals surface area contributed by atoms with Crippen LogP contribution in [0.4, 0.5) is 13.2 Å². The van der Waals surface area contributed by atoms with Crippen molar-refractivity contribution >= 4 is 38.9 Å². The summed E-state index contributed by atoms with van der Waals surface area (Å²) in [5.74, 6) is -0.989. The standard InChI is InChI=1S/C15H10BrF3N2O2S/c16-10-5-3-9(4-6-10)11-8-14(23,15(17,18)19)21(20-11)13(22)12-2-1-7-24-12/h1-7,23H,8H2/t14-/m0/s1. The molecular weight excluding hydrogens is 409 g/mol. The third-order valence-corrected chi connectivity index (χ3v) is 4.93. The maximum absolute atomic E-state index is 13.4. The van der Waals surface area contributed by atoms with Crippen LogP contribution in [0.1, 0.15) is 21.7 Å². The van der Waals surface area contributed by atoms with E-state index in [2.05, 4.69) is 21.0 Å². The van der Waals surface area contributed by atoms with Gasteiger partial charge in [0.15, 0.2) is 0 Å². The van der Waals surface area contributed by atoms with Crippen molar-refractivity contribution in [3.63, 3.8) is 0 Å². The number of carbonyl (C=O) groups is 1. The summed E-state index contributed by atoms with van der Waals surface area (Å²) in [6, 6.07) is 9.36. The molecule has 0 fully saturated rings. The molecule has 2 aromatic rings. The summed E-state index contributed by atoms with van der Waals surface area (Å²) in [6.07, 6.45) is -5.87. The molecule has 0 aliphatic carbocycles. The first-order chi connectivity index (χ1) is 11.2. The van der Waals surface area contributed by atoms with Gasteiger partial charge in [0.05, 0.1) is 17.0 Å². The summed E-state index contributed by atoms with van der Waals surface area (Å²) in [6.45, 7) is 0. The molecule has 1 aromatic heterocycles. The van der Waals surface area contributed by atoms with Crippen molar-refractivity contribution in [2.45, 2.75) is 18.3 Å². The van der Waals surface area contributed by atoms with Crippen molar-refractivity contribution in [2.75, 3.05) is 0 Å². The minimum atomic E-state index is -5.04. The lowest BCUT2D eigenvalue weighted by atomic mass is 10.0. The van der Waals surface area contributed by atoms with Gasteiger partial charge in [-0.3, -0.25) is 4.79 Å². The molecule has 0 saturated carbocycles. The van der Waals surface area contributed by atoms with Crippen LogP contribution in [0.15, 0.2) is 51.4 Å². The van der Waals surface area contributed by atoms with Crippen molar-refractivity contribution < 1.29 is 23.1 Å². The topological polar surface area (TPSA) is 52.9 Å². The summed E-state index contributed by atoms with van der Waals surface area (Å²) >= 11 is 4.22. The average molecular weight is 419 g/mol. The highest BCUT2D eigenvalue weighted by atomic mass is 79.9. The summed E-state index contributed by atoms with van der Waals surface area (Å²) in [5.41, 5.74) is -2.97. The van der Waals surface area contributed by atoms with E-state index in [0.29, 0.717) is 5.56 Å². The fourth-order valence-electron chi connectivity index (χ4n) is 2.29. The molecule has 1 aromatic carbocycles. The first kappa shape index (κ1) is 17.1. The molecule has 126 valence electrons. The smallest absolute Gasteiger partial charge is 0.362 e. The zero-order valence-electron chi connectivity index (χ0n) is 11.9. The van der Waals surface area contributed by atoms with Crippen LogP contribution in [0.2, 0.25) is 0 Å². The average Bonchev–Trinajstić information content (AvgIpc) is 3.15. The van der Waals surface area contributed by atoms with Gasteiger partial charge in [0.2, 0.25) is 0 Å². The van der Waals surface area contributed by atoms with Crippen LogP contribution in [0, 0.1) is 0 Å². The molecule has 0 bridgehead atoms. The Kier molecular flexibility index (Phi) is 4.27. The number of rotatable bonds is 2. The number of aliphatic hydroxyl groups is 1. The van der Waals surface area contributed by atoms with Gasteiger partial charge in [0, 0.05) is 4.47 Å². The first-order valence-corrected chi connectivity index (χ1v) is 8.40. The zero-order chi connectivity index (χ0) is 17.5. The van der Waals surface area contributed by atoms with E-state index in [1.54, 1.807) is 35.7 Å². The highest BCUT2D eigenvalue weighted by molar-refractivity contribution is 9.10. The molecule has 1 N–H and O–H groups in total. The third kappa shape index (κ3) is 2.87. The van der Waals surface area contributed by atoms with E-state index >= 15 is 0 Å².